The van der Waals surface area contributed by atoms with Gasteiger partial charge in [0.05, 0.1) is 11.1 Å². The van der Waals surface area contributed by atoms with E-state index in [9.17, 15) is 14.4 Å². The molecule has 0 aliphatic rings. The van der Waals surface area contributed by atoms with E-state index in [4.69, 9.17) is 4.74 Å². The minimum absolute atomic E-state index is 0.0449. The number of H-pyrrole nitrogens is 1. The number of carbonyl (C=O) groups excluding carboxylic acids is 1. The topological polar surface area (TPSA) is 78.8 Å². The van der Waals surface area contributed by atoms with E-state index in [1.165, 1.54) is 6.92 Å². The third kappa shape index (κ3) is 4.48. The van der Waals surface area contributed by atoms with Gasteiger partial charge in [-0.15, -0.1) is 0 Å². The van der Waals surface area contributed by atoms with E-state index in [1.807, 2.05) is 12.1 Å². The molecule has 0 saturated heterocycles. The Morgan fingerprint density at radius 3 is 2.11 bits per heavy atom. The van der Waals surface area contributed by atoms with Crippen LogP contribution in [0.1, 0.15) is 64.1 Å². The molecule has 0 spiro atoms. The van der Waals surface area contributed by atoms with Crippen LogP contribution in [0.3, 0.4) is 0 Å². The van der Waals surface area contributed by atoms with E-state index >= 15 is 0 Å². The molecule has 0 radical (unpaired) electrons. The van der Waals surface area contributed by atoms with E-state index in [-0.39, 0.29) is 28.1 Å². The van der Waals surface area contributed by atoms with Crippen LogP contribution in [0.25, 0.3) is 11.3 Å². The van der Waals surface area contributed by atoms with Crippen LogP contribution in [0, 0.1) is 29.5 Å². The fraction of sp³-hybridized carbons (Fsp3) is 0.409. The molecule has 1 N–H and O–H groups in total. The van der Waals surface area contributed by atoms with E-state index in [0.717, 1.165) is 5.56 Å². The Labute approximate surface area is 165 Å². The molecular weight excluding hydrogens is 357 g/mol. The van der Waals surface area contributed by atoms with Gasteiger partial charge in [0, 0.05) is 0 Å². The first-order chi connectivity index (χ1) is 12.9. The fourth-order valence-corrected chi connectivity index (χ4v) is 2.41. The number of carbonyl (C=O) groups is 1. The Kier molecular flexibility index (Phi) is 5.79. The standard InChI is InChI=1S/C22H26FN3O2/c1-13-17(23)18(26-25-13)19(28-20(27)22(5,6)7)16(12-24)14-8-10-15(11-9-14)21(2,3)4/h8-11H,1-7H3,(H,25,26). The van der Waals surface area contributed by atoms with E-state index in [1.54, 1.807) is 32.9 Å². The third-order valence-corrected chi connectivity index (χ3v) is 4.27. The Morgan fingerprint density at radius 1 is 1.14 bits per heavy atom. The molecule has 6 heteroatoms. The molecule has 0 aliphatic carbocycles. The maximum atomic E-state index is 14.6. The first-order valence-corrected chi connectivity index (χ1v) is 9.04. The van der Waals surface area contributed by atoms with Crippen molar-refractivity contribution in [3.8, 4) is 6.07 Å². The molecular formula is C22H26FN3O2. The number of esters is 1. The molecule has 1 aromatic carbocycles. The van der Waals surface area contributed by atoms with Gasteiger partial charge in [0.2, 0.25) is 0 Å². The summed E-state index contributed by atoms with van der Waals surface area (Å²) in [5.74, 6) is -1.43. The summed E-state index contributed by atoms with van der Waals surface area (Å²) in [4.78, 5) is 12.5. The average molecular weight is 383 g/mol. The molecule has 1 aromatic heterocycles. The van der Waals surface area contributed by atoms with Crippen molar-refractivity contribution in [2.24, 2.45) is 5.41 Å². The largest absolute Gasteiger partial charge is 0.422 e. The van der Waals surface area contributed by atoms with Crippen LogP contribution in [-0.2, 0) is 14.9 Å². The zero-order valence-corrected chi connectivity index (χ0v) is 17.4. The highest BCUT2D eigenvalue weighted by atomic mass is 19.1. The molecule has 0 amide bonds. The maximum absolute atomic E-state index is 14.6. The van der Waals surface area contributed by atoms with Crippen molar-refractivity contribution in [1.29, 1.82) is 5.26 Å². The van der Waals surface area contributed by atoms with E-state index in [0.29, 0.717) is 5.56 Å². The molecule has 0 aliphatic heterocycles. The number of halogens is 1. The summed E-state index contributed by atoms with van der Waals surface area (Å²) in [6.07, 6.45) is 0. The van der Waals surface area contributed by atoms with Crippen molar-refractivity contribution in [1.82, 2.24) is 10.2 Å². The zero-order valence-electron chi connectivity index (χ0n) is 17.4. The smallest absolute Gasteiger partial charge is 0.316 e. The summed E-state index contributed by atoms with van der Waals surface area (Å²) in [6, 6.07) is 9.39. The minimum atomic E-state index is -0.830. The van der Waals surface area contributed by atoms with Gasteiger partial charge in [-0.25, -0.2) is 4.39 Å². The number of hydrogen-bond donors (Lipinski definition) is 1. The molecule has 0 bridgehead atoms. The van der Waals surface area contributed by atoms with E-state index in [2.05, 4.69) is 37.0 Å². The number of benzene rings is 1. The maximum Gasteiger partial charge on any atom is 0.316 e. The summed E-state index contributed by atoms with van der Waals surface area (Å²) in [5, 5.41) is 16.2. The lowest BCUT2D eigenvalue weighted by molar-refractivity contribution is -0.145. The quantitative estimate of drug-likeness (QED) is 0.452. The summed E-state index contributed by atoms with van der Waals surface area (Å²) in [5.41, 5.74) is 0.775. The molecule has 28 heavy (non-hydrogen) atoms. The number of ether oxygens (including phenoxy) is 1. The number of allylic oxidation sites excluding steroid dienone is 1. The van der Waals surface area contributed by atoms with Crippen LogP contribution in [0.2, 0.25) is 0 Å². The van der Waals surface area contributed by atoms with Crippen molar-refractivity contribution in [2.75, 3.05) is 0 Å². The first kappa shape index (κ1) is 21.4. The summed E-state index contributed by atoms with van der Waals surface area (Å²) in [7, 11) is 0. The second-order valence-electron chi connectivity index (χ2n) is 8.79. The fourth-order valence-electron chi connectivity index (χ4n) is 2.41. The van der Waals surface area contributed by atoms with Crippen LogP contribution in [0.15, 0.2) is 24.3 Å². The van der Waals surface area contributed by atoms with Gasteiger partial charge in [0.1, 0.15) is 11.6 Å². The first-order valence-electron chi connectivity index (χ1n) is 9.04. The number of nitriles is 1. The van der Waals surface area contributed by atoms with Gasteiger partial charge in [-0.2, -0.15) is 10.4 Å². The lowest BCUT2D eigenvalue weighted by Crippen LogP contribution is -2.23. The van der Waals surface area contributed by atoms with E-state index < -0.39 is 17.2 Å². The summed E-state index contributed by atoms with van der Waals surface area (Å²) >= 11 is 0. The van der Waals surface area contributed by atoms with Gasteiger partial charge in [-0.05, 0) is 44.2 Å². The number of hydrogen-bond acceptors (Lipinski definition) is 4. The Hall–Kier alpha value is -2.94. The van der Waals surface area contributed by atoms with Gasteiger partial charge in [0.15, 0.2) is 17.3 Å². The predicted octanol–water partition coefficient (Wildman–Crippen LogP) is 5.14. The summed E-state index contributed by atoms with van der Waals surface area (Å²) in [6.45, 7) is 12.8. The molecule has 0 saturated carbocycles. The molecule has 0 atom stereocenters. The summed E-state index contributed by atoms with van der Waals surface area (Å²) < 4.78 is 20.1. The van der Waals surface area contributed by atoms with Gasteiger partial charge >= 0.3 is 5.97 Å². The van der Waals surface area contributed by atoms with Crippen molar-refractivity contribution < 1.29 is 13.9 Å². The van der Waals surface area contributed by atoms with Crippen LogP contribution in [0.4, 0.5) is 4.39 Å². The number of aromatic nitrogens is 2. The normalized spacial score (nSPS) is 13.0. The van der Waals surface area contributed by atoms with Crippen molar-refractivity contribution in [3.63, 3.8) is 0 Å². The number of rotatable bonds is 3. The SMILES string of the molecule is Cc1[nH]nc(C(OC(=O)C(C)(C)C)=C(C#N)c2ccc(C(C)(C)C)cc2)c1F. The Bertz CT molecular complexity index is 950. The lowest BCUT2D eigenvalue weighted by atomic mass is 9.86. The molecule has 1 heterocycles. The van der Waals surface area contributed by atoms with Crippen molar-refractivity contribution >= 4 is 17.3 Å². The van der Waals surface area contributed by atoms with Crippen LogP contribution in [0.5, 0.6) is 0 Å². The monoisotopic (exact) mass is 383 g/mol. The van der Waals surface area contributed by atoms with Crippen LogP contribution < -0.4 is 0 Å². The number of aryl methyl sites for hydroxylation is 1. The van der Waals surface area contributed by atoms with Crippen LogP contribution in [-0.4, -0.2) is 16.2 Å². The molecule has 0 unspecified atom stereocenters. The number of nitrogens with zero attached hydrogens (tertiary/aromatic N) is 2. The number of aromatic amines is 1. The molecule has 2 aromatic rings. The van der Waals surface area contributed by atoms with Crippen molar-refractivity contribution in [2.45, 2.75) is 53.9 Å². The van der Waals surface area contributed by atoms with Gasteiger partial charge in [-0.1, -0.05) is 45.0 Å². The van der Waals surface area contributed by atoms with Gasteiger partial charge in [-0.3, -0.25) is 9.89 Å². The lowest BCUT2D eigenvalue weighted by Gasteiger charge is -2.20. The molecule has 2 rings (SSSR count). The van der Waals surface area contributed by atoms with Crippen LogP contribution >= 0.6 is 0 Å². The highest BCUT2D eigenvalue weighted by Crippen LogP contribution is 2.32. The molecule has 148 valence electrons. The molecule has 0 fully saturated rings. The number of nitrogens with one attached hydrogen (secondary N) is 1. The van der Waals surface area contributed by atoms with Crippen molar-refractivity contribution in [3.05, 3.63) is 52.6 Å². The Morgan fingerprint density at radius 2 is 1.71 bits per heavy atom. The third-order valence-electron chi connectivity index (χ3n) is 4.27. The minimum Gasteiger partial charge on any atom is -0.422 e. The van der Waals surface area contributed by atoms with Gasteiger partial charge < -0.3 is 4.74 Å². The predicted molar refractivity (Wildman–Crippen MR) is 106 cm³/mol. The zero-order chi connectivity index (χ0) is 21.3. The highest BCUT2D eigenvalue weighted by Gasteiger charge is 2.29. The van der Waals surface area contributed by atoms with Gasteiger partial charge in [0.25, 0.3) is 0 Å². The second kappa shape index (κ2) is 7.59. The highest BCUT2D eigenvalue weighted by molar-refractivity contribution is 5.97. The average Bonchev–Trinajstić information content (AvgIpc) is 2.92. The second-order valence-corrected chi connectivity index (χ2v) is 8.79. The molecule has 5 nitrogen and oxygen atoms in total. The Balaban J connectivity index is 2.66.